The van der Waals surface area contributed by atoms with Crippen molar-refractivity contribution in [2.75, 3.05) is 13.1 Å². The summed E-state index contributed by atoms with van der Waals surface area (Å²) in [4.78, 5) is 2.55. The van der Waals surface area contributed by atoms with Crippen LogP contribution in [0.5, 0.6) is 0 Å². The van der Waals surface area contributed by atoms with E-state index in [1.54, 1.807) is 0 Å². The SMILES string of the molecule is CC.c1ccc(C(c2ccccc2)N2CCC2)cc1. The van der Waals surface area contributed by atoms with E-state index in [0.29, 0.717) is 6.04 Å². The molecule has 2 aromatic carbocycles. The molecule has 1 heteroatoms. The van der Waals surface area contributed by atoms with Crippen molar-refractivity contribution in [3.05, 3.63) is 71.8 Å². The molecule has 2 aromatic rings. The van der Waals surface area contributed by atoms with Crippen LogP contribution in [0.3, 0.4) is 0 Å². The second-order valence-corrected chi connectivity index (χ2v) is 4.61. The lowest BCUT2D eigenvalue weighted by Gasteiger charge is -2.39. The number of hydrogen-bond acceptors (Lipinski definition) is 1. The van der Waals surface area contributed by atoms with Gasteiger partial charge >= 0.3 is 0 Å². The van der Waals surface area contributed by atoms with Gasteiger partial charge < -0.3 is 0 Å². The summed E-state index contributed by atoms with van der Waals surface area (Å²) in [6.07, 6.45) is 1.33. The highest BCUT2D eigenvalue weighted by molar-refractivity contribution is 5.32. The number of rotatable bonds is 3. The van der Waals surface area contributed by atoms with Crippen LogP contribution in [0.1, 0.15) is 37.4 Å². The van der Waals surface area contributed by atoms with Crippen molar-refractivity contribution in [1.82, 2.24) is 4.90 Å². The van der Waals surface area contributed by atoms with Crippen LogP contribution in [0, 0.1) is 0 Å². The third kappa shape index (κ3) is 3.24. The summed E-state index contributed by atoms with van der Waals surface area (Å²) >= 11 is 0. The van der Waals surface area contributed by atoms with Gasteiger partial charge in [0.1, 0.15) is 0 Å². The van der Waals surface area contributed by atoms with Crippen LogP contribution in [0.15, 0.2) is 60.7 Å². The fraction of sp³-hybridized carbons (Fsp3) is 0.333. The molecule has 0 amide bonds. The zero-order valence-corrected chi connectivity index (χ0v) is 11.9. The second kappa shape index (κ2) is 7.10. The van der Waals surface area contributed by atoms with Crippen molar-refractivity contribution in [2.24, 2.45) is 0 Å². The molecule has 19 heavy (non-hydrogen) atoms. The summed E-state index contributed by atoms with van der Waals surface area (Å²) in [5, 5.41) is 0. The minimum atomic E-state index is 0.436. The average Bonchev–Trinajstić information content (AvgIpc) is 2.47. The lowest BCUT2D eigenvalue weighted by molar-refractivity contribution is 0.140. The van der Waals surface area contributed by atoms with Gasteiger partial charge in [-0.25, -0.2) is 0 Å². The zero-order chi connectivity index (χ0) is 13.5. The van der Waals surface area contributed by atoms with Crippen molar-refractivity contribution in [3.8, 4) is 0 Å². The van der Waals surface area contributed by atoms with Crippen LogP contribution in [0.4, 0.5) is 0 Å². The molecule has 1 aliphatic rings. The van der Waals surface area contributed by atoms with Gasteiger partial charge in [-0.15, -0.1) is 0 Å². The smallest absolute Gasteiger partial charge is 0.0601 e. The molecule has 3 rings (SSSR count). The van der Waals surface area contributed by atoms with Gasteiger partial charge in [0.15, 0.2) is 0 Å². The number of benzene rings is 2. The van der Waals surface area contributed by atoms with Crippen molar-refractivity contribution in [1.29, 1.82) is 0 Å². The van der Waals surface area contributed by atoms with Crippen LogP contribution in [0.2, 0.25) is 0 Å². The highest BCUT2D eigenvalue weighted by Crippen LogP contribution is 2.31. The predicted octanol–water partition coefficient (Wildman–Crippen LogP) is 4.51. The maximum absolute atomic E-state index is 2.55. The summed E-state index contributed by atoms with van der Waals surface area (Å²) in [5.41, 5.74) is 2.80. The molecule has 0 aliphatic carbocycles. The largest absolute Gasteiger partial charge is 0.292 e. The molecule has 0 aromatic heterocycles. The molecule has 1 nitrogen and oxygen atoms in total. The molecule has 0 saturated carbocycles. The van der Waals surface area contributed by atoms with E-state index in [0.717, 1.165) is 0 Å². The highest BCUT2D eigenvalue weighted by atomic mass is 15.2. The van der Waals surface area contributed by atoms with Crippen molar-refractivity contribution < 1.29 is 0 Å². The van der Waals surface area contributed by atoms with E-state index >= 15 is 0 Å². The number of hydrogen-bond donors (Lipinski definition) is 0. The van der Waals surface area contributed by atoms with E-state index in [4.69, 9.17) is 0 Å². The Balaban J connectivity index is 0.000000637. The molecule has 0 N–H and O–H groups in total. The molecule has 1 aliphatic heterocycles. The second-order valence-electron chi connectivity index (χ2n) is 4.61. The van der Waals surface area contributed by atoms with Crippen LogP contribution in [-0.2, 0) is 0 Å². The summed E-state index contributed by atoms with van der Waals surface area (Å²) in [7, 11) is 0. The quantitative estimate of drug-likeness (QED) is 0.778. The monoisotopic (exact) mass is 253 g/mol. The van der Waals surface area contributed by atoms with Crippen LogP contribution in [-0.4, -0.2) is 18.0 Å². The minimum absolute atomic E-state index is 0.436. The first-order valence-electron chi connectivity index (χ1n) is 7.29. The van der Waals surface area contributed by atoms with Gasteiger partial charge in [0.25, 0.3) is 0 Å². The van der Waals surface area contributed by atoms with Gasteiger partial charge in [0.05, 0.1) is 6.04 Å². The van der Waals surface area contributed by atoms with Crippen molar-refractivity contribution in [3.63, 3.8) is 0 Å². The van der Waals surface area contributed by atoms with Gasteiger partial charge in [0, 0.05) is 13.1 Å². The van der Waals surface area contributed by atoms with Gasteiger partial charge in [-0.1, -0.05) is 74.5 Å². The van der Waals surface area contributed by atoms with E-state index in [1.807, 2.05) is 13.8 Å². The molecule has 1 fully saturated rings. The van der Waals surface area contributed by atoms with Gasteiger partial charge in [-0.3, -0.25) is 4.90 Å². The molecular formula is C18H23N. The molecular weight excluding hydrogens is 230 g/mol. The van der Waals surface area contributed by atoms with Crippen molar-refractivity contribution in [2.45, 2.75) is 26.3 Å². The maximum atomic E-state index is 2.55. The average molecular weight is 253 g/mol. The van der Waals surface area contributed by atoms with E-state index in [2.05, 4.69) is 65.6 Å². The van der Waals surface area contributed by atoms with Crippen LogP contribution < -0.4 is 0 Å². The maximum Gasteiger partial charge on any atom is 0.0601 e. The number of nitrogens with zero attached hydrogens (tertiary/aromatic N) is 1. The molecule has 1 heterocycles. The Morgan fingerprint density at radius 3 is 1.47 bits per heavy atom. The lowest BCUT2D eigenvalue weighted by atomic mass is 9.95. The Labute approximate surface area is 116 Å². The predicted molar refractivity (Wildman–Crippen MR) is 82.3 cm³/mol. The Hall–Kier alpha value is -1.60. The Morgan fingerprint density at radius 1 is 0.737 bits per heavy atom. The van der Waals surface area contributed by atoms with Gasteiger partial charge in [-0.05, 0) is 17.5 Å². The molecule has 0 spiro atoms. The minimum Gasteiger partial charge on any atom is -0.292 e. The van der Waals surface area contributed by atoms with Gasteiger partial charge in [-0.2, -0.15) is 0 Å². The Bertz CT molecular complexity index is 420. The summed E-state index contributed by atoms with van der Waals surface area (Å²) in [5.74, 6) is 0. The molecule has 100 valence electrons. The van der Waals surface area contributed by atoms with Crippen LogP contribution >= 0.6 is 0 Å². The van der Waals surface area contributed by atoms with E-state index < -0.39 is 0 Å². The fourth-order valence-corrected chi connectivity index (χ4v) is 2.48. The molecule has 0 radical (unpaired) electrons. The Morgan fingerprint density at radius 2 is 1.16 bits per heavy atom. The highest BCUT2D eigenvalue weighted by Gasteiger charge is 2.26. The van der Waals surface area contributed by atoms with Crippen molar-refractivity contribution >= 4 is 0 Å². The first kappa shape index (κ1) is 13.8. The molecule has 0 atom stereocenters. The standard InChI is InChI=1S/C16H17N.C2H6/c1-3-8-14(9-4-1)16(17-12-7-13-17)15-10-5-2-6-11-15;1-2/h1-6,8-11,16H,7,12-13H2;1-2H3. The van der Waals surface area contributed by atoms with Crippen LogP contribution in [0.25, 0.3) is 0 Å². The normalized spacial score (nSPS) is 14.5. The number of likely N-dealkylation sites (tertiary alicyclic amines) is 1. The zero-order valence-electron chi connectivity index (χ0n) is 11.9. The molecule has 0 bridgehead atoms. The first-order chi connectivity index (χ1) is 9.45. The molecule has 0 unspecified atom stereocenters. The lowest BCUT2D eigenvalue weighted by Crippen LogP contribution is -2.40. The summed E-state index contributed by atoms with van der Waals surface area (Å²) in [6, 6.07) is 22.1. The van der Waals surface area contributed by atoms with E-state index in [1.165, 1.54) is 30.6 Å². The topological polar surface area (TPSA) is 3.24 Å². The summed E-state index contributed by atoms with van der Waals surface area (Å²) in [6.45, 7) is 6.43. The van der Waals surface area contributed by atoms with Gasteiger partial charge in [0.2, 0.25) is 0 Å². The molecule has 1 saturated heterocycles. The Kier molecular flexibility index (Phi) is 5.17. The van der Waals surface area contributed by atoms with E-state index in [-0.39, 0.29) is 0 Å². The van der Waals surface area contributed by atoms with E-state index in [9.17, 15) is 0 Å². The summed E-state index contributed by atoms with van der Waals surface area (Å²) < 4.78 is 0. The fourth-order valence-electron chi connectivity index (χ4n) is 2.48. The third-order valence-electron chi connectivity index (χ3n) is 3.49. The first-order valence-corrected chi connectivity index (χ1v) is 7.29. The third-order valence-corrected chi connectivity index (χ3v) is 3.49.